The summed E-state index contributed by atoms with van der Waals surface area (Å²) < 4.78 is 41.7. The number of carbonyl (C=O) groups is 3. The Labute approximate surface area is 171 Å². The number of rotatable bonds is 7. The smallest absolute Gasteiger partial charge is 0.408 e. The number of nitrogens with one attached hydrogen (secondary N) is 2. The minimum Gasteiger partial charge on any atom is -0.466 e. The fourth-order valence-corrected chi connectivity index (χ4v) is 4.97. The van der Waals surface area contributed by atoms with Crippen molar-refractivity contribution >= 4 is 28.1 Å². The van der Waals surface area contributed by atoms with E-state index in [4.69, 9.17) is 14.2 Å². The van der Waals surface area contributed by atoms with Crippen LogP contribution in [-0.2, 0) is 33.8 Å². The quantitative estimate of drug-likeness (QED) is 0.438. The summed E-state index contributed by atoms with van der Waals surface area (Å²) in [6, 6.07) is -0.733. The maximum atomic E-state index is 12.9. The molecular formula is C18H30N2O8S. The van der Waals surface area contributed by atoms with Crippen molar-refractivity contribution in [3.8, 4) is 0 Å². The number of esters is 2. The predicted octanol–water partition coefficient (Wildman–Crippen LogP) is 0.560. The molecule has 166 valence electrons. The van der Waals surface area contributed by atoms with Crippen LogP contribution >= 0.6 is 0 Å². The van der Waals surface area contributed by atoms with Gasteiger partial charge in [0, 0.05) is 12.0 Å². The van der Waals surface area contributed by atoms with E-state index < -0.39 is 63.0 Å². The van der Waals surface area contributed by atoms with E-state index in [0.29, 0.717) is 0 Å². The van der Waals surface area contributed by atoms with Crippen molar-refractivity contribution in [1.82, 2.24) is 10.0 Å². The first-order valence-electron chi connectivity index (χ1n) is 9.58. The number of fused-ring (bicyclic) bond motifs is 1. The molecule has 0 saturated heterocycles. The van der Waals surface area contributed by atoms with Gasteiger partial charge in [-0.3, -0.25) is 4.79 Å². The van der Waals surface area contributed by atoms with Crippen molar-refractivity contribution in [2.45, 2.75) is 58.2 Å². The molecule has 2 N–H and O–H groups in total. The highest BCUT2D eigenvalue weighted by atomic mass is 32.2. The molecule has 0 radical (unpaired) electrons. The molecule has 2 fully saturated rings. The number of amides is 1. The third kappa shape index (κ3) is 5.19. The molecule has 1 amide bonds. The SMILES string of the molecule is CCOC(=O)[C@H]1C2[C@@H]1[C@@H](NS(C)(=O)=O)C[C@]2(NC(=O)OC(C)(C)C)C(=O)OCC. The summed E-state index contributed by atoms with van der Waals surface area (Å²) in [4.78, 5) is 37.8. The Balaban J connectivity index is 2.40. The minimum atomic E-state index is -3.62. The summed E-state index contributed by atoms with van der Waals surface area (Å²) in [6.07, 6.45) is 0.0949. The molecule has 2 aliphatic rings. The van der Waals surface area contributed by atoms with Crippen molar-refractivity contribution in [2.24, 2.45) is 17.8 Å². The van der Waals surface area contributed by atoms with E-state index in [0.717, 1.165) is 6.26 Å². The van der Waals surface area contributed by atoms with Crippen LogP contribution in [0.1, 0.15) is 41.0 Å². The fourth-order valence-electron chi connectivity index (χ4n) is 4.18. The monoisotopic (exact) mass is 434 g/mol. The molecule has 29 heavy (non-hydrogen) atoms. The van der Waals surface area contributed by atoms with Crippen molar-refractivity contribution in [3.63, 3.8) is 0 Å². The Morgan fingerprint density at radius 1 is 1.10 bits per heavy atom. The van der Waals surface area contributed by atoms with Gasteiger partial charge >= 0.3 is 18.0 Å². The van der Waals surface area contributed by atoms with Gasteiger partial charge in [-0.2, -0.15) is 0 Å². The Bertz CT molecular complexity index is 775. The van der Waals surface area contributed by atoms with Gasteiger partial charge in [0.15, 0.2) is 0 Å². The molecular weight excluding hydrogens is 404 g/mol. The number of alkyl carbamates (subject to hydrolysis) is 1. The Morgan fingerprint density at radius 2 is 1.69 bits per heavy atom. The number of carbonyl (C=O) groups excluding carboxylic acids is 3. The lowest BCUT2D eigenvalue weighted by molar-refractivity contribution is -0.153. The lowest BCUT2D eigenvalue weighted by Gasteiger charge is -2.33. The van der Waals surface area contributed by atoms with E-state index in [2.05, 4.69) is 10.0 Å². The zero-order valence-electron chi connectivity index (χ0n) is 17.6. The average Bonchev–Trinajstić information content (AvgIpc) is 3.20. The first kappa shape index (κ1) is 23.4. The van der Waals surface area contributed by atoms with Crippen LogP contribution in [0.4, 0.5) is 4.79 Å². The van der Waals surface area contributed by atoms with Gasteiger partial charge in [-0.05, 0) is 47.0 Å². The number of ether oxygens (including phenoxy) is 3. The van der Waals surface area contributed by atoms with Gasteiger partial charge in [0.2, 0.25) is 10.0 Å². The van der Waals surface area contributed by atoms with Crippen molar-refractivity contribution < 1.29 is 37.0 Å². The molecule has 0 aromatic rings. The second kappa shape index (κ2) is 8.10. The molecule has 5 atom stereocenters. The molecule has 2 rings (SSSR count). The summed E-state index contributed by atoms with van der Waals surface area (Å²) in [7, 11) is -3.62. The van der Waals surface area contributed by atoms with Crippen LogP contribution < -0.4 is 10.0 Å². The molecule has 2 saturated carbocycles. The first-order chi connectivity index (χ1) is 13.3. The summed E-state index contributed by atoms with van der Waals surface area (Å²) in [5.74, 6) is -3.16. The maximum absolute atomic E-state index is 12.9. The zero-order chi connectivity index (χ0) is 22.2. The molecule has 0 heterocycles. The molecule has 0 aromatic heterocycles. The molecule has 11 heteroatoms. The minimum absolute atomic E-state index is 0.0522. The lowest BCUT2D eigenvalue weighted by atomic mass is 9.89. The Morgan fingerprint density at radius 3 is 2.17 bits per heavy atom. The Hall–Kier alpha value is -1.88. The molecule has 2 aliphatic carbocycles. The van der Waals surface area contributed by atoms with Gasteiger partial charge in [0.05, 0.1) is 25.4 Å². The van der Waals surface area contributed by atoms with Crippen LogP contribution in [-0.4, -0.2) is 63.1 Å². The van der Waals surface area contributed by atoms with E-state index in [1.807, 2.05) is 0 Å². The normalized spacial score (nSPS) is 30.8. The summed E-state index contributed by atoms with van der Waals surface area (Å²) in [5.41, 5.74) is -2.41. The molecule has 0 bridgehead atoms. The fraction of sp³-hybridized carbons (Fsp3) is 0.833. The largest absolute Gasteiger partial charge is 0.466 e. The van der Waals surface area contributed by atoms with Crippen LogP contribution in [0.2, 0.25) is 0 Å². The summed E-state index contributed by atoms with van der Waals surface area (Å²) >= 11 is 0. The highest BCUT2D eigenvalue weighted by Gasteiger charge is 2.76. The average molecular weight is 435 g/mol. The van der Waals surface area contributed by atoms with Crippen molar-refractivity contribution in [3.05, 3.63) is 0 Å². The molecule has 0 aromatic carbocycles. The van der Waals surface area contributed by atoms with Crippen LogP contribution in [0.15, 0.2) is 0 Å². The van der Waals surface area contributed by atoms with Crippen LogP contribution in [0.5, 0.6) is 0 Å². The van der Waals surface area contributed by atoms with Crippen molar-refractivity contribution in [2.75, 3.05) is 19.5 Å². The molecule has 0 spiro atoms. The van der Waals surface area contributed by atoms with Crippen molar-refractivity contribution in [1.29, 1.82) is 0 Å². The highest BCUT2D eigenvalue weighted by Crippen LogP contribution is 2.63. The standard InChI is InChI=1S/C18H30N2O8S/c1-7-26-14(21)12-11-10(20-29(6,24)25)9-18(13(11)12,15(22)27-8-2)19-16(23)28-17(3,4)5/h10-13,20H,7-9H2,1-6H3,(H,19,23)/t10-,11+,12+,13?,18+/m0/s1. The second-order valence-corrected chi connectivity index (χ2v) is 10.2. The van der Waals surface area contributed by atoms with Crippen LogP contribution in [0.3, 0.4) is 0 Å². The predicted molar refractivity (Wildman–Crippen MR) is 102 cm³/mol. The van der Waals surface area contributed by atoms with E-state index in [9.17, 15) is 22.8 Å². The summed E-state index contributed by atoms with van der Waals surface area (Å²) in [6.45, 7) is 8.50. The van der Waals surface area contributed by atoms with Crippen LogP contribution in [0, 0.1) is 17.8 Å². The van der Waals surface area contributed by atoms with Gasteiger partial charge in [0.25, 0.3) is 0 Å². The molecule has 1 unspecified atom stereocenters. The topological polar surface area (TPSA) is 137 Å². The van der Waals surface area contributed by atoms with E-state index in [-0.39, 0.29) is 19.6 Å². The first-order valence-corrected chi connectivity index (χ1v) is 11.5. The summed E-state index contributed by atoms with van der Waals surface area (Å²) in [5, 5.41) is 2.59. The van der Waals surface area contributed by atoms with Gasteiger partial charge in [-0.15, -0.1) is 0 Å². The second-order valence-electron chi connectivity index (χ2n) is 8.40. The van der Waals surface area contributed by atoms with Gasteiger partial charge in [-0.25, -0.2) is 22.7 Å². The van der Waals surface area contributed by atoms with Gasteiger partial charge in [-0.1, -0.05) is 0 Å². The molecule has 0 aliphatic heterocycles. The third-order valence-corrected chi connectivity index (χ3v) is 5.67. The van der Waals surface area contributed by atoms with E-state index in [1.54, 1.807) is 34.6 Å². The number of hydrogen-bond acceptors (Lipinski definition) is 8. The Kier molecular flexibility index (Phi) is 6.53. The third-order valence-electron chi connectivity index (χ3n) is 4.94. The molecule has 10 nitrogen and oxygen atoms in total. The van der Waals surface area contributed by atoms with Crippen LogP contribution in [0.25, 0.3) is 0 Å². The number of hydrogen-bond donors (Lipinski definition) is 2. The van der Waals surface area contributed by atoms with Gasteiger partial charge in [0.1, 0.15) is 11.1 Å². The lowest BCUT2D eigenvalue weighted by Crippen LogP contribution is -2.59. The highest BCUT2D eigenvalue weighted by molar-refractivity contribution is 7.88. The van der Waals surface area contributed by atoms with Gasteiger partial charge < -0.3 is 19.5 Å². The van der Waals surface area contributed by atoms with E-state index >= 15 is 0 Å². The van der Waals surface area contributed by atoms with E-state index in [1.165, 1.54) is 0 Å². The maximum Gasteiger partial charge on any atom is 0.408 e. The number of sulfonamides is 1. The zero-order valence-corrected chi connectivity index (χ0v) is 18.4.